The smallest absolute Gasteiger partial charge is 0.406 e. The van der Waals surface area contributed by atoms with Crippen molar-refractivity contribution in [2.75, 3.05) is 18.9 Å². The molecule has 31 heavy (non-hydrogen) atoms. The third kappa shape index (κ3) is 3.91. The summed E-state index contributed by atoms with van der Waals surface area (Å²) in [5.41, 5.74) is 3.94. The number of thiophene rings is 1. The molecule has 2 aliphatic rings. The quantitative estimate of drug-likeness (QED) is 0.357. The molecule has 0 aromatic carbocycles. The maximum Gasteiger partial charge on any atom is 0.406 e. The van der Waals surface area contributed by atoms with Crippen molar-refractivity contribution < 1.29 is 33.0 Å². The van der Waals surface area contributed by atoms with Crippen LogP contribution in [0, 0.1) is 0 Å². The Balaban J connectivity index is 1.60. The van der Waals surface area contributed by atoms with Crippen LogP contribution in [0.3, 0.4) is 0 Å². The molecule has 4 rings (SSSR count). The number of carbonyl (C=O) groups excluding carboxylic acids is 1. The van der Waals surface area contributed by atoms with Gasteiger partial charge in [-0.25, -0.2) is 14.6 Å². The summed E-state index contributed by atoms with van der Waals surface area (Å²) in [6.07, 6.45) is -2.70. The average Bonchev–Trinajstić information content (AvgIpc) is 3.20. The maximum absolute atomic E-state index is 13.1. The summed E-state index contributed by atoms with van der Waals surface area (Å²) in [5, 5.41) is 15.7. The second kappa shape index (κ2) is 7.93. The van der Waals surface area contributed by atoms with E-state index in [1.54, 1.807) is 12.3 Å². The molecule has 170 valence electrons. The van der Waals surface area contributed by atoms with E-state index in [4.69, 9.17) is 24.3 Å². The van der Waals surface area contributed by atoms with Crippen molar-refractivity contribution in [2.24, 2.45) is 0 Å². The lowest BCUT2D eigenvalue weighted by Crippen LogP contribution is -2.49. The molecular formula is C17H23N4O8PS. The molecule has 0 radical (unpaired) electrons. The number of hydrogen-bond acceptors (Lipinski definition) is 11. The van der Waals surface area contributed by atoms with Crippen LogP contribution in [0.25, 0.3) is 10.9 Å². The lowest BCUT2D eigenvalue weighted by molar-refractivity contribution is -0.145. The number of nitrogens with zero attached hydrogens (tertiary/aromatic N) is 1. The van der Waals surface area contributed by atoms with E-state index in [0.29, 0.717) is 15.8 Å². The predicted molar refractivity (Wildman–Crippen MR) is 111 cm³/mol. The van der Waals surface area contributed by atoms with Gasteiger partial charge in [-0.15, -0.1) is 11.3 Å². The molecule has 0 spiro atoms. The highest BCUT2D eigenvalue weighted by Gasteiger charge is 2.60. The molecule has 2 aliphatic heterocycles. The molecule has 5 N–H and O–H groups in total. The van der Waals surface area contributed by atoms with Crippen molar-refractivity contribution >= 4 is 41.9 Å². The number of nitrogen functional groups attached to an aromatic ring is 1. The van der Waals surface area contributed by atoms with Crippen LogP contribution in [0.2, 0.25) is 0 Å². The van der Waals surface area contributed by atoms with Crippen LogP contribution in [0.1, 0.15) is 31.8 Å². The van der Waals surface area contributed by atoms with Crippen molar-refractivity contribution in [3.63, 3.8) is 0 Å². The number of aliphatic hydroxyl groups is 1. The first-order valence-corrected chi connectivity index (χ1v) is 12.0. The average molecular weight is 474 g/mol. The third-order valence-corrected chi connectivity index (χ3v) is 7.87. The number of nitrogens with one attached hydrogen (secondary N) is 2. The number of rotatable bonds is 5. The zero-order valence-electron chi connectivity index (χ0n) is 17.0. The summed E-state index contributed by atoms with van der Waals surface area (Å²) in [4.78, 5) is 31.1. The van der Waals surface area contributed by atoms with Crippen LogP contribution >= 0.6 is 19.1 Å². The minimum Gasteiger partial charge on any atom is -0.465 e. The molecular weight excluding hydrogens is 451 g/mol. The van der Waals surface area contributed by atoms with Gasteiger partial charge in [-0.3, -0.25) is 23.6 Å². The van der Waals surface area contributed by atoms with Crippen molar-refractivity contribution in [2.45, 2.75) is 50.7 Å². The summed E-state index contributed by atoms with van der Waals surface area (Å²) in [6.45, 7) is 4.63. The summed E-state index contributed by atoms with van der Waals surface area (Å²) in [6, 6.07) is -0.953. The van der Waals surface area contributed by atoms with E-state index in [2.05, 4.69) is 15.1 Å². The second-order valence-electron chi connectivity index (χ2n) is 7.52. The first-order chi connectivity index (χ1) is 14.6. The Morgan fingerprint density at radius 3 is 3.06 bits per heavy atom. The summed E-state index contributed by atoms with van der Waals surface area (Å²) >= 11 is 1.19. The van der Waals surface area contributed by atoms with Crippen molar-refractivity contribution in [1.82, 2.24) is 15.1 Å². The number of nitrogens with two attached hydrogens (primary N) is 1. The van der Waals surface area contributed by atoms with Gasteiger partial charge >= 0.3 is 13.7 Å². The van der Waals surface area contributed by atoms with E-state index in [9.17, 15) is 19.3 Å². The van der Waals surface area contributed by atoms with Crippen LogP contribution in [0.5, 0.6) is 0 Å². The van der Waals surface area contributed by atoms with Gasteiger partial charge in [0, 0.05) is 5.38 Å². The van der Waals surface area contributed by atoms with E-state index in [1.165, 1.54) is 25.2 Å². The molecule has 2 aromatic heterocycles. The molecule has 2 fully saturated rings. The van der Waals surface area contributed by atoms with Crippen molar-refractivity contribution in [3.8, 4) is 0 Å². The normalized spacial score (nSPS) is 33.9. The highest BCUT2D eigenvalue weighted by molar-refractivity contribution is 7.51. The fraction of sp³-hybridized carbons (Fsp3) is 0.588. The largest absolute Gasteiger partial charge is 0.465 e. The second-order valence-corrected chi connectivity index (χ2v) is 10.1. The Labute approximate surface area is 180 Å². The summed E-state index contributed by atoms with van der Waals surface area (Å²) < 4.78 is 34.9. The molecule has 2 saturated heterocycles. The Bertz CT molecular complexity index is 1120. The molecule has 4 heterocycles. The number of carbonyl (C=O) groups is 1. The summed E-state index contributed by atoms with van der Waals surface area (Å²) in [7, 11) is -3.94. The topological polar surface area (TPSA) is 175 Å². The molecule has 12 nitrogen and oxygen atoms in total. The van der Waals surface area contributed by atoms with Crippen molar-refractivity contribution in [3.05, 3.63) is 20.6 Å². The van der Waals surface area contributed by atoms with Gasteiger partial charge in [-0.1, -0.05) is 0 Å². The van der Waals surface area contributed by atoms with E-state index < -0.39 is 49.2 Å². The maximum atomic E-state index is 13.1. The number of H-pyrrole nitrogens is 1. The lowest BCUT2D eigenvalue weighted by Gasteiger charge is -2.36. The van der Waals surface area contributed by atoms with Crippen LogP contribution in [0.4, 0.5) is 5.95 Å². The number of aromatic amines is 1. The van der Waals surface area contributed by atoms with Crippen molar-refractivity contribution in [1.29, 1.82) is 0 Å². The van der Waals surface area contributed by atoms with Gasteiger partial charge in [0.1, 0.15) is 30.0 Å². The van der Waals surface area contributed by atoms with Crippen LogP contribution < -0.4 is 16.4 Å². The first-order valence-electron chi connectivity index (χ1n) is 9.58. The van der Waals surface area contributed by atoms with E-state index in [0.717, 1.165) is 0 Å². The van der Waals surface area contributed by atoms with Gasteiger partial charge in [-0.2, -0.15) is 0 Å². The molecule has 0 amide bonds. The van der Waals surface area contributed by atoms with E-state index in [1.807, 2.05) is 0 Å². The van der Waals surface area contributed by atoms with Gasteiger partial charge in [-0.05, 0) is 20.8 Å². The molecule has 6 atom stereocenters. The van der Waals surface area contributed by atoms with Gasteiger partial charge in [0.05, 0.1) is 29.0 Å². The molecule has 14 heteroatoms. The molecule has 0 bridgehead atoms. The number of esters is 1. The summed E-state index contributed by atoms with van der Waals surface area (Å²) in [5.74, 6) is -0.674. The van der Waals surface area contributed by atoms with Crippen LogP contribution in [0.15, 0.2) is 10.2 Å². The number of hydrogen-bond donors (Lipinski definition) is 4. The molecule has 0 saturated carbocycles. The Morgan fingerprint density at radius 1 is 1.61 bits per heavy atom. The molecule has 0 aliphatic carbocycles. The van der Waals surface area contributed by atoms with Gasteiger partial charge < -0.3 is 20.3 Å². The number of ether oxygens (including phenoxy) is 2. The minimum atomic E-state index is -3.94. The standard InChI is InChI=1S/C17H23N4O8PS/c1-4-26-15(23)7(2)21-30(25)27-5-9-12(29-30)17(3,24)13(28-9)11-10-8(6-31-11)14(22)20-16(18)19-10/h6-7,9,12-13,24H,4-5H2,1-3H3,(H,21,25)(H3,18,19,20,22)/t7-,9+,12+,13-,17+,30?/m0/s1. The Hall–Kier alpha value is -1.86. The van der Waals surface area contributed by atoms with E-state index >= 15 is 0 Å². The van der Waals surface area contributed by atoms with Crippen LogP contribution in [-0.4, -0.2) is 58.1 Å². The number of aromatic nitrogens is 2. The molecule has 1 unspecified atom stereocenters. The van der Waals surface area contributed by atoms with Gasteiger partial charge in [0.25, 0.3) is 5.56 Å². The predicted octanol–water partition coefficient (Wildman–Crippen LogP) is 0.822. The van der Waals surface area contributed by atoms with Crippen LogP contribution in [-0.2, 0) is 27.9 Å². The van der Waals surface area contributed by atoms with Gasteiger partial charge in [0.2, 0.25) is 5.95 Å². The minimum absolute atomic E-state index is 0.0616. The fourth-order valence-corrected chi connectivity index (χ4v) is 6.59. The van der Waals surface area contributed by atoms with Gasteiger partial charge in [0.15, 0.2) is 0 Å². The number of fused-ring (bicyclic) bond motifs is 2. The monoisotopic (exact) mass is 474 g/mol. The lowest BCUT2D eigenvalue weighted by atomic mass is 9.92. The first kappa shape index (κ1) is 22.3. The zero-order chi connectivity index (χ0) is 22.6. The SMILES string of the molecule is CCOC(=O)[C@H](C)NP1(=O)OC[C@H]2O[C@@H](c3scc4c(=O)[nH]c(N)nc34)[C@](C)(O)[C@@H]2O1. The third-order valence-electron chi connectivity index (χ3n) is 5.16. The molecule has 2 aromatic rings. The fourth-order valence-electron chi connectivity index (χ4n) is 3.68. The highest BCUT2D eigenvalue weighted by atomic mass is 32.1. The zero-order valence-corrected chi connectivity index (χ0v) is 18.7. The Morgan fingerprint density at radius 2 is 2.35 bits per heavy atom. The Kier molecular flexibility index (Phi) is 5.71. The van der Waals surface area contributed by atoms with E-state index in [-0.39, 0.29) is 19.2 Å². The highest BCUT2D eigenvalue weighted by Crippen LogP contribution is 2.57. The number of anilines is 1.